The first-order valence-corrected chi connectivity index (χ1v) is 8.20. The number of nitrogens with two attached hydrogens (primary N) is 1. The molecule has 104 valence electrons. The van der Waals surface area contributed by atoms with E-state index in [1.54, 1.807) is 0 Å². The normalized spacial score (nSPS) is 10.7. The van der Waals surface area contributed by atoms with Crippen molar-refractivity contribution in [2.24, 2.45) is 5.73 Å². The molecular formula is C18H14INO. The molecule has 4 rings (SSSR count). The van der Waals surface area contributed by atoms with Crippen LogP contribution in [0.15, 0.2) is 60.7 Å². The topological polar surface area (TPSA) is 43.1 Å². The van der Waals surface area contributed by atoms with Gasteiger partial charge in [-0.15, -0.1) is 0 Å². The lowest BCUT2D eigenvalue weighted by atomic mass is 9.95. The van der Waals surface area contributed by atoms with Crippen molar-refractivity contribution in [3.8, 4) is 0 Å². The van der Waals surface area contributed by atoms with E-state index in [4.69, 9.17) is 0 Å². The molecular weight excluding hydrogens is 373 g/mol. The fraction of sp³-hybridized carbons (Fsp3) is 0.0556. The van der Waals surface area contributed by atoms with Crippen molar-refractivity contribution in [3.63, 3.8) is 0 Å². The highest BCUT2D eigenvalue weighted by Crippen LogP contribution is 2.33. The third-order valence-electron chi connectivity index (χ3n) is 3.52. The van der Waals surface area contributed by atoms with Crippen molar-refractivity contribution in [2.75, 3.05) is 4.43 Å². The second-order valence-electron chi connectivity index (χ2n) is 4.89. The molecule has 0 bridgehead atoms. The van der Waals surface area contributed by atoms with Crippen LogP contribution in [-0.2, 0) is 4.79 Å². The molecule has 0 aliphatic rings. The highest BCUT2D eigenvalue weighted by molar-refractivity contribution is 14.1. The summed E-state index contributed by atoms with van der Waals surface area (Å²) in [5, 5.41) is 8.14. The molecule has 0 fully saturated rings. The van der Waals surface area contributed by atoms with E-state index >= 15 is 0 Å². The van der Waals surface area contributed by atoms with Crippen molar-refractivity contribution < 1.29 is 4.79 Å². The van der Waals surface area contributed by atoms with Gasteiger partial charge in [-0.2, -0.15) is 0 Å². The Morgan fingerprint density at radius 2 is 1.05 bits per heavy atom. The van der Waals surface area contributed by atoms with Crippen LogP contribution in [0.3, 0.4) is 0 Å². The molecule has 0 saturated carbocycles. The number of hydrogen-bond acceptors (Lipinski definition) is 1. The van der Waals surface area contributed by atoms with Crippen LogP contribution in [0.1, 0.15) is 0 Å². The van der Waals surface area contributed by atoms with Gasteiger partial charge in [0.05, 0.1) is 4.43 Å². The highest BCUT2D eigenvalue weighted by Gasteiger charge is 2.05. The summed E-state index contributed by atoms with van der Waals surface area (Å²) in [4.78, 5) is 9.58. The minimum atomic E-state index is -0.259. The lowest BCUT2D eigenvalue weighted by molar-refractivity contribution is -0.115. The summed E-state index contributed by atoms with van der Waals surface area (Å²) in [6.07, 6.45) is 0. The molecule has 0 unspecified atom stereocenters. The van der Waals surface area contributed by atoms with E-state index in [1.807, 2.05) is 22.6 Å². The number of amides is 1. The van der Waals surface area contributed by atoms with Gasteiger partial charge < -0.3 is 5.73 Å². The molecule has 0 aliphatic carbocycles. The number of carbonyl (C=O) groups is 1. The smallest absolute Gasteiger partial charge is 0.227 e. The first-order chi connectivity index (χ1) is 10.2. The standard InChI is InChI=1S/C16H10.C2H4INO/c1-3-11-7-9-13-5-2-6-14-10-8-12(4-1)15(11)16(13)14;3-1-2(4)5/h1-10H;1H2,(H2,4,5). The average Bonchev–Trinajstić information content (AvgIpc) is 2.53. The molecule has 21 heavy (non-hydrogen) atoms. The number of rotatable bonds is 1. The van der Waals surface area contributed by atoms with Gasteiger partial charge in [0.25, 0.3) is 0 Å². The number of alkyl halides is 1. The number of carbonyl (C=O) groups excluding carboxylic acids is 1. The average molecular weight is 387 g/mol. The van der Waals surface area contributed by atoms with Crippen LogP contribution in [0.2, 0.25) is 0 Å². The molecule has 2 N–H and O–H groups in total. The van der Waals surface area contributed by atoms with Crippen LogP contribution < -0.4 is 5.73 Å². The maximum Gasteiger partial charge on any atom is 0.227 e. The number of hydrogen-bond donors (Lipinski definition) is 1. The van der Waals surface area contributed by atoms with Crippen molar-refractivity contribution in [3.05, 3.63) is 60.7 Å². The minimum absolute atomic E-state index is 0.259. The Morgan fingerprint density at radius 1 is 0.762 bits per heavy atom. The third kappa shape index (κ3) is 2.65. The Balaban J connectivity index is 0.000000233. The zero-order valence-corrected chi connectivity index (χ0v) is 13.5. The predicted molar refractivity (Wildman–Crippen MR) is 98.2 cm³/mol. The lowest BCUT2D eigenvalue weighted by Crippen LogP contribution is -2.10. The fourth-order valence-corrected chi connectivity index (χ4v) is 2.67. The van der Waals surface area contributed by atoms with Crippen molar-refractivity contribution in [1.82, 2.24) is 0 Å². The Bertz CT molecular complexity index is 787. The zero-order valence-electron chi connectivity index (χ0n) is 11.3. The van der Waals surface area contributed by atoms with Gasteiger partial charge in [-0.3, -0.25) is 4.79 Å². The van der Waals surface area contributed by atoms with Crippen LogP contribution in [0.4, 0.5) is 0 Å². The second-order valence-corrected chi connectivity index (χ2v) is 5.65. The fourth-order valence-electron chi connectivity index (χ4n) is 2.67. The molecule has 1 amide bonds. The molecule has 4 aromatic carbocycles. The molecule has 0 radical (unpaired) electrons. The predicted octanol–water partition coefficient (Wildman–Crippen LogP) is 4.49. The monoisotopic (exact) mass is 387 g/mol. The molecule has 4 aromatic rings. The van der Waals surface area contributed by atoms with Gasteiger partial charge in [0.1, 0.15) is 0 Å². The van der Waals surface area contributed by atoms with Gasteiger partial charge >= 0.3 is 0 Å². The van der Waals surface area contributed by atoms with Crippen LogP contribution >= 0.6 is 22.6 Å². The largest absolute Gasteiger partial charge is 0.369 e. The molecule has 0 spiro atoms. The van der Waals surface area contributed by atoms with Crippen molar-refractivity contribution in [2.45, 2.75) is 0 Å². The summed E-state index contributed by atoms with van der Waals surface area (Å²) in [5.74, 6) is -0.259. The molecule has 3 heteroatoms. The second kappa shape index (κ2) is 5.85. The van der Waals surface area contributed by atoms with Crippen LogP contribution in [0, 0.1) is 0 Å². The van der Waals surface area contributed by atoms with E-state index in [9.17, 15) is 4.79 Å². The van der Waals surface area contributed by atoms with Crippen molar-refractivity contribution in [1.29, 1.82) is 0 Å². The summed E-state index contributed by atoms with van der Waals surface area (Å²) in [7, 11) is 0. The molecule has 0 atom stereocenters. The van der Waals surface area contributed by atoms with E-state index in [0.717, 1.165) is 0 Å². The molecule has 0 saturated heterocycles. The van der Waals surface area contributed by atoms with Crippen LogP contribution in [-0.4, -0.2) is 10.3 Å². The van der Waals surface area contributed by atoms with Crippen LogP contribution in [0.5, 0.6) is 0 Å². The molecule has 0 heterocycles. The van der Waals surface area contributed by atoms with Gasteiger partial charge in [0.2, 0.25) is 5.91 Å². The summed E-state index contributed by atoms with van der Waals surface area (Å²) < 4.78 is 0.414. The van der Waals surface area contributed by atoms with E-state index in [-0.39, 0.29) is 5.91 Å². The Kier molecular flexibility index (Phi) is 3.92. The summed E-state index contributed by atoms with van der Waals surface area (Å²) >= 11 is 1.90. The maximum atomic E-state index is 9.58. The summed E-state index contributed by atoms with van der Waals surface area (Å²) in [6.45, 7) is 0. The number of benzene rings is 4. The summed E-state index contributed by atoms with van der Waals surface area (Å²) in [5.41, 5.74) is 4.65. The lowest BCUT2D eigenvalue weighted by Gasteiger charge is -2.09. The SMILES string of the molecule is NC(=O)CI.c1cc2ccc3cccc4ccc(c1)c2c34. The van der Waals surface area contributed by atoms with Crippen molar-refractivity contribution >= 4 is 60.8 Å². The Morgan fingerprint density at radius 3 is 1.29 bits per heavy atom. The van der Waals surface area contributed by atoms with Gasteiger partial charge in [-0.25, -0.2) is 0 Å². The van der Waals surface area contributed by atoms with E-state index in [2.05, 4.69) is 66.4 Å². The van der Waals surface area contributed by atoms with E-state index in [0.29, 0.717) is 4.43 Å². The zero-order chi connectivity index (χ0) is 14.8. The molecule has 2 nitrogen and oxygen atoms in total. The molecule has 0 aliphatic heterocycles. The van der Waals surface area contributed by atoms with Gasteiger partial charge in [-0.05, 0) is 32.3 Å². The summed E-state index contributed by atoms with van der Waals surface area (Å²) in [6, 6.07) is 21.9. The number of halogens is 1. The Hall–Kier alpha value is -1.88. The molecule has 0 aromatic heterocycles. The highest BCUT2D eigenvalue weighted by atomic mass is 127. The van der Waals surface area contributed by atoms with E-state index < -0.39 is 0 Å². The quantitative estimate of drug-likeness (QED) is 0.292. The van der Waals surface area contributed by atoms with Gasteiger partial charge in [-0.1, -0.05) is 83.3 Å². The first-order valence-electron chi connectivity index (χ1n) is 6.67. The van der Waals surface area contributed by atoms with Gasteiger partial charge in [0, 0.05) is 0 Å². The Labute approximate surface area is 136 Å². The third-order valence-corrected chi connectivity index (χ3v) is 4.28. The number of primary amides is 1. The minimum Gasteiger partial charge on any atom is -0.369 e. The van der Waals surface area contributed by atoms with E-state index in [1.165, 1.54) is 32.3 Å². The van der Waals surface area contributed by atoms with Gasteiger partial charge in [0.15, 0.2) is 0 Å². The van der Waals surface area contributed by atoms with Crippen LogP contribution in [0.25, 0.3) is 32.3 Å². The first kappa shape index (κ1) is 14.1. The maximum absolute atomic E-state index is 9.58.